The number of nitriles is 1. The van der Waals surface area contributed by atoms with Gasteiger partial charge in [-0.05, 0) is 12.1 Å². The van der Waals surface area contributed by atoms with Crippen molar-refractivity contribution in [2.75, 3.05) is 11.9 Å². The molecular weight excluding hydrogens is 240 g/mol. The van der Waals surface area contributed by atoms with Gasteiger partial charge in [-0.3, -0.25) is 4.68 Å². The van der Waals surface area contributed by atoms with E-state index >= 15 is 0 Å². The molecule has 0 saturated heterocycles. The van der Waals surface area contributed by atoms with Crippen molar-refractivity contribution < 1.29 is 0 Å². The molecule has 0 fully saturated rings. The molecule has 0 aliphatic carbocycles. The van der Waals surface area contributed by atoms with Gasteiger partial charge < -0.3 is 4.90 Å². The average Bonchev–Trinajstić information content (AvgIpc) is 2.86. The molecule has 0 radical (unpaired) electrons. The minimum atomic E-state index is 0.305. The van der Waals surface area contributed by atoms with Gasteiger partial charge in [-0.15, -0.1) is 16.6 Å². The maximum atomic E-state index is 8.66. The molecule has 6 nitrogen and oxygen atoms in total. The fourth-order valence-corrected chi connectivity index (χ4v) is 1.61. The van der Waals surface area contributed by atoms with E-state index in [1.54, 1.807) is 23.0 Å². The minimum Gasteiger partial charge on any atom is -0.354 e. The van der Waals surface area contributed by atoms with Gasteiger partial charge in [-0.1, -0.05) is 5.92 Å². The van der Waals surface area contributed by atoms with Gasteiger partial charge in [0.1, 0.15) is 12.6 Å². The number of terminal acetylenes is 1. The normalized spacial score (nSPS) is 9.63. The molecule has 0 bridgehead atoms. The molecule has 19 heavy (non-hydrogen) atoms. The SMILES string of the molecule is C#CCn1cc(CN(C)c2ccc(C#N)nn2)cn1. The van der Waals surface area contributed by atoms with Crippen molar-refractivity contribution in [3.63, 3.8) is 0 Å². The summed E-state index contributed by atoms with van der Waals surface area (Å²) in [5, 5.41) is 20.6. The van der Waals surface area contributed by atoms with Crippen LogP contribution in [0, 0.1) is 23.7 Å². The molecule has 0 spiro atoms. The van der Waals surface area contributed by atoms with E-state index in [1.165, 1.54) is 0 Å². The fourth-order valence-electron chi connectivity index (χ4n) is 1.61. The van der Waals surface area contributed by atoms with Gasteiger partial charge in [-0.25, -0.2) is 0 Å². The smallest absolute Gasteiger partial charge is 0.163 e. The molecule has 2 aromatic rings. The van der Waals surface area contributed by atoms with Crippen molar-refractivity contribution >= 4 is 5.82 Å². The van der Waals surface area contributed by atoms with Gasteiger partial charge in [0, 0.05) is 25.4 Å². The molecule has 2 rings (SSSR count). The third kappa shape index (κ3) is 3.08. The van der Waals surface area contributed by atoms with Gasteiger partial charge in [0.05, 0.1) is 6.20 Å². The van der Waals surface area contributed by atoms with Crippen molar-refractivity contribution in [3.05, 3.63) is 35.8 Å². The van der Waals surface area contributed by atoms with Crippen LogP contribution < -0.4 is 4.90 Å². The Morgan fingerprint density at radius 1 is 1.42 bits per heavy atom. The van der Waals surface area contributed by atoms with E-state index in [4.69, 9.17) is 11.7 Å². The Kier molecular flexibility index (Phi) is 3.75. The molecule has 0 unspecified atom stereocenters. The van der Waals surface area contributed by atoms with Crippen LogP contribution in [0.5, 0.6) is 0 Å². The molecule has 0 amide bonds. The van der Waals surface area contributed by atoms with Gasteiger partial charge in [0.25, 0.3) is 0 Å². The van der Waals surface area contributed by atoms with E-state index in [0.29, 0.717) is 24.6 Å². The summed E-state index contributed by atoms with van der Waals surface area (Å²) in [4.78, 5) is 1.92. The maximum absolute atomic E-state index is 8.66. The largest absolute Gasteiger partial charge is 0.354 e. The van der Waals surface area contributed by atoms with Gasteiger partial charge in [-0.2, -0.15) is 10.4 Å². The third-order valence-electron chi connectivity index (χ3n) is 2.52. The predicted octanol–water partition coefficient (Wildman–Crippen LogP) is 0.814. The summed E-state index contributed by atoms with van der Waals surface area (Å²) < 4.78 is 1.70. The molecule has 6 heteroatoms. The van der Waals surface area contributed by atoms with Gasteiger partial charge in [0.2, 0.25) is 0 Å². The van der Waals surface area contributed by atoms with Crippen molar-refractivity contribution in [2.24, 2.45) is 0 Å². The zero-order valence-corrected chi connectivity index (χ0v) is 10.5. The first-order chi connectivity index (χ1) is 9.22. The predicted molar refractivity (Wildman–Crippen MR) is 69.9 cm³/mol. The van der Waals surface area contributed by atoms with E-state index in [-0.39, 0.29) is 0 Å². The first-order valence-electron chi connectivity index (χ1n) is 5.62. The van der Waals surface area contributed by atoms with Crippen molar-refractivity contribution in [1.82, 2.24) is 20.0 Å². The molecule has 94 valence electrons. The van der Waals surface area contributed by atoms with Crippen LogP contribution in [0.2, 0.25) is 0 Å². The first kappa shape index (κ1) is 12.6. The maximum Gasteiger partial charge on any atom is 0.163 e. The lowest BCUT2D eigenvalue weighted by molar-refractivity contribution is 0.714. The van der Waals surface area contributed by atoms with Gasteiger partial charge in [0.15, 0.2) is 11.5 Å². The Morgan fingerprint density at radius 2 is 2.26 bits per heavy atom. The number of hydrogen-bond acceptors (Lipinski definition) is 5. The molecule has 2 heterocycles. The average molecular weight is 252 g/mol. The van der Waals surface area contributed by atoms with Crippen molar-refractivity contribution in [2.45, 2.75) is 13.1 Å². The quantitative estimate of drug-likeness (QED) is 0.753. The van der Waals surface area contributed by atoms with Crippen molar-refractivity contribution in [3.8, 4) is 18.4 Å². The summed E-state index contributed by atoms with van der Waals surface area (Å²) in [6.45, 7) is 1.10. The van der Waals surface area contributed by atoms with Crippen LogP contribution in [0.4, 0.5) is 5.82 Å². The number of anilines is 1. The third-order valence-corrected chi connectivity index (χ3v) is 2.52. The lowest BCUT2D eigenvalue weighted by Gasteiger charge is -2.15. The second-order valence-electron chi connectivity index (χ2n) is 3.99. The Balaban J connectivity index is 2.05. The minimum absolute atomic E-state index is 0.305. The number of nitrogens with zero attached hydrogens (tertiary/aromatic N) is 6. The van der Waals surface area contributed by atoms with Crippen LogP contribution >= 0.6 is 0 Å². The molecule has 0 aliphatic rings. The highest BCUT2D eigenvalue weighted by Crippen LogP contribution is 2.11. The Labute approximate surface area is 111 Å². The molecule has 2 aromatic heterocycles. The summed E-state index contributed by atoms with van der Waals surface area (Å²) in [7, 11) is 1.90. The summed E-state index contributed by atoms with van der Waals surface area (Å²) in [6.07, 6.45) is 8.89. The lowest BCUT2D eigenvalue weighted by Crippen LogP contribution is -2.17. The Morgan fingerprint density at radius 3 is 2.89 bits per heavy atom. The first-order valence-corrected chi connectivity index (χ1v) is 5.62. The van der Waals surface area contributed by atoms with Crippen LogP contribution in [0.3, 0.4) is 0 Å². The highest BCUT2D eigenvalue weighted by atomic mass is 15.3. The van der Waals surface area contributed by atoms with E-state index in [0.717, 1.165) is 5.56 Å². The van der Waals surface area contributed by atoms with E-state index in [1.807, 2.05) is 24.2 Å². The fraction of sp³-hybridized carbons (Fsp3) is 0.231. The van der Waals surface area contributed by atoms with Gasteiger partial charge >= 0.3 is 0 Å². The molecule has 0 saturated carbocycles. The Hall–Kier alpha value is -2.86. The number of aromatic nitrogens is 4. The second-order valence-corrected chi connectivity index (χ2v) is 3.99. The lowest BCUT2D eigenvalue weighted by atomic mass is 10.3. The summed E-state index contributed by atoms with van der Waals surface area (Å²) in [6, 6.07) is 5.34. The summed E-state index contributed by atoms with van der Waals surface area (Å²) >= 11 is 0. The van der Waals surface area contributed by atoms with E-state index in [2.05, 4.69) is 21.2 Å². The highest BCUT2D eigenvalue weighted by molar-refractivity contribution is 5.38. The highest BCUT2D eigenvalue weighted by Gasteiger charge is 2.06. The van der Waals surface area contributed by atoms with Crippen molar-refractivity contribution in [1.29, 1.82) is 5.26 Å². The summed E-state index contributed by atoms with van der Waals surface area (Å²) in [5.41, 5.74) is 1.34. The van der Waals surface area contributed by atoms with E-state index < -0.39 is 0 Å². The topological polar surface area (TPSA) is 70.6 Å². The van der Waals surface area contributed by atoms with Crippen LogP contribution in [-0.4, -0.2) is 27.0 Å². The van der Waals surface area contributed by atoms with Crippen LogP contribution in [0.15, 0.2) is 24.5 Å². The number of hydrogen-bond donors (Lipinski definition) is 0. The number of rotatable bonds is 4. The molecule has 0 aromatic carbocycles. The Bertz CT molecular complexity index is 628. The van der Waals surface area contributed by atoms with Crippen LogP contribution in [-0.2, 0) is 13.1 Å². The van der Waals surface area contributed by atoms with E-state index in [9.17, 15) is 0 Å². The molecular formula is C13H12N6. The molecule has 0 aliphatic heterocycles. The monoisotopic (exact) mass is 252 g/mol. The standard InChI is InChI=1S/C13H12N6/c1-3-6-19-10-11(8-15-19)9-18(2)13-5-4-12(7-14)16-17-13/h1,4-5,8,10H,6,9H2,2H3. The summed E-state index contributed by atoms with van der Waals surface area (Å²) in [5.74, 6) is 3.23. The molecule has 0 N–H and O–H groups in total. The zero-order valence-electron chi connectivity index (χ0n) is 10.5. The molecule has 0 atom stereocenters. The van der Waals surface area contributed by atoms with Crippen LogP contribution in [0.25, 0.3) is 0 Å². The second kappa shape index (κ2) is 5.65. The zero-order chi connectivity index (χ0) is 13.7. The van der Waals surface area contributed by atoms with Crippen LogP contribution in [0.1, 0.15) is 11.3 Å².